The summed E-state index contributed by atoms with van der Waals surface area (Å²) in [6, 6.07) is 0.810. The molecule has 0 aromatic rings. The van der Waals surface area contributed by atoms with Gasteiger partial charge < -0.3 is 4.81 Å². The van der Waals surface area contributed by atoms with Crippen LogP contribution in [-0.4, -0.2) is 25.3 Å². The summed E-state index contributed by atoms with van der Waals surface area (Å²) >= 11 is 0. The molecule has 0 aliphatic carbocycles. The minimum Gasteiger partial charge on any atom is -0.347 e. The molecular weight excluding hydrogens is 72.9 g/mol. The van der Waals surface area contributed by atoms with Crippen LogP contribution in [0.15, 0.2) is 0 Å². The maximum Gasteiger partial charge on any atom is 0.209 e. The van der Waals surface area contributed by atoms with Gasteiger partial charge in [-0.2, -0.15) is 0 Å². The molecule has 2 heteroatoms. The first-order valence-electron chi connectivity index (χ1n) is 2.36. The SMILES string of the molecule is C[C@H]1C[B]N1C. The average Bonchev–Trinajstić information content (AvgIpc) is 1.61. The third-order valence-corrected chi connectivity index (χ3v) is 1.43. The Morgan fingerprint density at radius 3 is 2.33 bits per heavy atom. The molecule has 0 aromatic heterocycles. The molecule has 0 amide bonds. The van der Waals surface area contributed by atoms with Gasteiger partial charge >= 0.3 is 0 Å². The van der Waals surface area contributed by atoms with Gasteiger partial charge in [0.1, 0.15) is 0 Å². The zero-order valence-electron chi connectivity index (χ0n) is 4.31. The predicted octanol–water partition coefficient (Wildman–Crippen LogP) is 0.358. The Kier molecular flexibility index (Phi) is 0.883. The molecule has 6 heavy (non-hydrogen) atoms. The molecule has 1 aliphatic rings. The number of hydrogen-bond donors (Lipinski definition) is 0. The molecule has 1 aliphatic heterocycles. The highest BCUT2D eigenvalue weighted by Gasteiger charge is 2.19. The fourth-order valence-electron chi connectivity index (χ4n) is 0.527. The summed E-state index contributed by atoms with van der Waals surface area (Å²) in [6.07, 6.45) is 1.27. The molecule has 0 unspecified atom stereocenters. The lowest BCUT2D eigenvalue weighted by molar-refractivity contribution is 0.379. The molecule has 1 rings (SSSR count). The van der Waals surface area contributed by atoms with Crippen molar-refractivity contribution in [3.8, 4) is 0 Å². The molecular formula is C4H9BN. The van der Waals surface area contributed by atoms with Crippen molar-refractivity contribution in [2.24, 2.45) is 0 Å². The first kappa shape index (κ1) is 4.19. The number of hydrogen-bond acceptors (Lipinski definition) is 1. The van der Waals surface area contributed by atoms with E-state index in [1.54, 1.807) is 0 Å². The van der Waals surface area contributed by atoms with Crippen molar-refractivity contribution >= 4 is 7.41 Å². The van der Waals surface area contributed by atoms with Crippen LogP contribution in [0.5, 0.6) is 0 Å². The minimum atomic E-state index is 0.810. The lowest BCUT2D eigenvalue weighted by atomic mass is 9.71. The van der Waals surface area contributed by atoms with Crippen LogP contribution in [0, 0.1) is 0 Å². The highest BCUT2D eigenvalue weighted by Crippen LogP contribution is 2.10. The van der Waals surface area contributed by atoms with Crippen molar-refractivity contribution in [3.63, 3.8) is 0 Å². The third kappa shape index (κ3) is 0.452. The first-order valence-corrected chi connectivity index (χ1v) is 2.36. The zero-order chi connectivity index (χ0) is 4.57. The quantitative estimate of drug-likeness (QED) is 0.381. The smallest absolute Gasteiger partial charge is 0.209 e. The summed E-state index contributed by atoms with van der Waals surface area (Å²) in [7, 11) is 4.30. The molecule has 1 heterocycles. The molecule has 1 atom stereocenters. The van der Waals surface area contributed by atoms with Crippen LogP contribution in [0.3, 0.4) is 0 Å². The van der Waals surface area contributed by atoms with Crippen molar-refractivity contribution in [1.29, 1.82) is 0 Å². The summed E-state index contributed by atoms with van der Waals surface area (Å²) in [5.74, 6) is 0. The van der Waals surface area contributed by atoms with Gasteiger partial charge in [-0.1, -0.05) is 6.92 Å². The van der Waals surface area contributed by atoms with Crippen molar-refractivity contribution in [2.75, 3.05) is 7.05 Å². The minimum absolute atomic E-state index is 0.810. The maximum atomic E-state index is 2.22. The molecule has 1 fully saturated rings. The Morgan fingerprint density at radius 1 is 1.83 bits per heavy atom. The highest BCUT2D eigenvalue weighted by molar-refractivity contribution is 6.35. The topological polar surface area (TPSA) is 3.24 Å². The molecule has 1 radical (unpaired) electrons. The van der Waals surface area contributed by atoms with Gasteiger partial charge in [0.05, 0.1) is 0 Å². The molecule has 0 bridgehead atoms. The van der Waals surface area contributed by atoms with Crippen molar-refractivity contribution in [3.05, 3.63) is 0 Å². The predicted molar refractivity (Wildman–Crippen MR) is 27.8 cm³/mol. The largest absolute Gasteiger partial charge is 0.347 e. The van der Waals surface area contributed by atoms with Crippen molar-refractivity contribution < 1.29 is 0 Å². The van der Waals surface area contributed by atoms with E-state index in [4.69, 9.17) is 0 Å². The fraction of sp³-hybridized carbons (Fsp3) is 1.00. The molecule has 1 nitrogen and oxygen atoms in total. The van der Waals surface area contributed by atoms with Crippen molar-refractivity contribution in [1.82, 2.24) is 4.81 Å². The van der Waals surface area contributed by atoms with Crippen LogP contribution in [-0.2, 0) is 0 Å². The van der Waals surface area contributed by atoms with E-state index < -0.39 is 0 Å². The van der Waals surface area contributed by atoms with E-state index in [1.807, 2.05) is 0 Å². The monoisotopic (exact) mass is 82.1 g/mol. The van der Waals surface area contributed by atoms with Crippen LogP contribution in [0.25, 0.3) is 0 Å². The Labute approximate surface area is 39.6 Å². The molecule has 33 valence electrons. The Morgan fingerprint density at radius 2 is 2.33 bits per heavy atom. The van der Waals surface area contributed by atoms with E-state index in [9.17, 15) is 0 Å². The van der Waals surface area contributed by atoms with Gasteiger partial charge in [0.25, 0.3) is 0 Å². The number of nitrogens with zero attached hydrogens (tertiary/aromatic N) is 1. The lowest BCUT2D eigenvalue weighted by Gasteiger charge is -2.33. The van der Waals surface area contributed by atoms with Gasteiger partial charge in [-0.25, -0.2) is 0 Å². The number of rotatable bonds is 0. The van der Waals surface area contributed by atoms with Crippen LogP contribution < -0.4 is 0 Å². The summed E-state index contributed by atoms with van der Waals surface area (Å²) < 4.78 is 0. The van der Waals surface area contributed by atoms with Crippen LogP contribution in [0.2, 0.25) is 6.32 Å². The van der Waals surface area contributed by atoms with E-state index in [2.05, 4.69) is 26.2 Å². The summed E-state index contributed by atoms with van der Waals surface area (Å²) in [6.45, 7) is 2.22. The van der Waals surface area contributed by atoms with Gasteiger partial charge in [-0.05, 0) is 19.4 Å². The second-order valence-corrected chi connectivity index (χ2v) is 1.93. The first-order chi connectivity index (χ1) is 2.80. The second-order valence-electron chi connectivity index (χ2n) is 1.93. The average molecular weight is 81.9 g/mol. The van der Waals surface area contributed by atoms with Crippen molar-refractivity contribution in [2.45, 2.75) is 19.3 Å². The molecule has 0 N–H and O–H groups in total. The third-order valence-electron chi connectivity index (χ3n) is 1.43. The molecule has 1 saturated heterocycles. The maximum absolute atomic E-state index is 2.22. The van der Waals surface area contributed by atoms with Gasteiger partial charge in [0, 0.05) is 0 Å². The van der Waals surface area contributed by atoms with Gasteiger partial charge in [0.15, 0.2) is 0 Å². The highest BCUT2D eigenvalue weighted by atomic mass is 15.1. The van der Waals surface area contributed by atoms with E-state index in [-0.39, 0.29) is 0 Å². The molecule has 0 saturated carbocycles. The lowest BCUT2D eigenvalue weighted by Crippen LogP contribution is -2.44. The summed E-state index contributed by atoms with van der Waals surface area (Å²) in [5, 5.41) is 0. The second kappa shape index (κ2) is 1.26. The summed E-state index contributed by atoms with van der Waals surface area (Å²) in [4.78, 5) is 2.22. The molecule has 0 aromatic carbocycles. The fourth-order valence-corrected chi connectivity index (χ4v) is 0.527. The Balaban J connectivity index is 2.20. The van der Waals surface area contributed by atoms with Crippen LogP contribution in [0.1, 0.15) is 6.92 Å². The zero-order valence-corrected chi connectivity index (χ0v) is 4.31. The van der Waals surface area contributed by atoms with E-state index >= 15 is 0 Å². The van der Waals surface area contributed by atoms with E-state index in [0.29, 0.717) is 0 Å². The Hall–Kier alpha value is 0.0249. The Bertz CT molecular complexity index is 47.5. The van der Waals surface area contributed by atoms with Gasteiger partial charge in [-0.15, -0.1) is 0 Å². The summed E-state index contributed by atoms with van der Waals surface area (Å²) in [5.41, 5.74) is 0. The van der Waals surface area contributed by atoms with Crippen LogP contribution in [0.4, 0.5) is 0 Å². The normalized spacial score (nSPS) is 34.7. The van der Waals surface area contributed by atoms with Gasteiger partial charge in [0.2, 0.25) is 7.41 Å². The van der Waals surface area contributed by atoms with Crippen LogP contribution >= 0.6 is 0 Å². The van der Waals surface area contributed by atoms with E-state index in [1.165, 1.54) is 6.32 Å². The molecule has 0 spiro atoms. The van der Waals surface area contributed by atoms with E-state index in [0.717, 1.165) is 6.04 Å². The standard InChI is InChI=1S/C4H9BN/c1-4-3-5-6(4)2/h4H,3H2,1-2H3/t4-/m0/s1. The van der Waals surface area contributed by atoms with Gasteiger partial charge in [-0.3, -0.25) is 0 Å².